The van der Waals surface area contributed by atoms with Crippen molar-refractivity contribution >= 4 is 17.5 Å². The van der Waals surface area contributed by atoms with E-state index in [1.807, 2.05) is 13.8 Å². The zero-order chi connectivity index (χ0) is 40.6. The molecule has 20 heteroatoms. The number of hydrogen-bond acceptors (Lipinski definition) is 18. The Balaban J connectivity index is 1.34. The van der Waals surface area contributed by atoms with Gasteiger partial charge < -0.3 is 54.7 Å². The SMILES string of the molecule is CC(C)N[C@@H](CCCn1cc(CO[C@@H]2OC(CO)[C@H](OOO)[C@H](O[C@@H]3OC(C)[C@@H](O)[C@H](O)C3O)C2C)nn1)C(=O)N1C[C@H](O)C[C@H]1C(=O)CCC(=O)C(C)C. The zero-order valence-corrected chi connectivity index (χ0v) is 32.2. The average molecular weight is 790 g/mol. The van der Waals surface area contributed by atoms with Crippen molar-refractivity contribution in [1.82, 2.24) is 25.2 Å². The van der Waals surface area contributed by atoms with E-state index in [0.29, 0.717) is 25.1 Å². The van der Waals surface area contributed by atoms with Crippen LogP contribution < -0.4 is 5.32 Å². The normalized spacial score (nSPS) is 33.4. The van der Waals surface area contributed by atoms with Gasteiger partial charge in [0.2, 0.25) is 5.91 Å². The fourth-order valence-corrected chi connectivity index (χ4v) is 7.11. The Morgan fingerprint density at radius 2 is 1.73 bits per heavy atom. The molecule has 20 nitrogen and oxygen atoms in total. The first-order valence-corrected chi connectivity index (χ1v) is 18.9. The molecular weight excluding hydrogens is 730 g/mol. The molecule has 4 heterocycles. The summed E-state index contributed by atoms with van der Waals surface area (Å²) in [5.41, 5.74) is 0.430. The first kappa shape index (κ1) is 45.1. The number of aliphatic hydroxyl groups excluding tert-OH is 5. The van der Waals surface area contributed by atoms with Gasteiger partial charge in [-0.25, -0.2) is 5.26 Å². The smallest absolute Gasteiger partial charge is 0.240 e. The van der Waals surface area contributed by atoms with Gasteiger partial charge in [0.25, 0.3) is 0 Å². The van der Waals surface area contributed by atoms with E-state index in [2.05, 4.69) is 20.7 Å². The summed E-state index contributed by atoms with van der Waals surface area (Å²) in [5.74, 6) is -1.44. The molecule has 3 fully saturated rings. The lowest BCUT2D eigenvalue weighted by molar-refractivity contribution is -0.528. The van der Waals surface area contributed by atoms with Crippen LogP contribution in [0.2, 0.25) is 0 Å². The van der Waals surface area contributed by atoms with Crippen molar-refractivity contribution in [3.8, 4) is 0 Å². The number of amides is 1. The lowest BCUT2D eigenvalue weighted by Gasteiger charge is -2.46. The molecule has 3 saturated heterocycles. The molecule has 55 heavy (non-hydrogen) atoms. The zero-order valence-electron chi connectivity index (χ0n) is 32.2. The standard InChI is InChI=1S/C35H59N5O15/c1-17(2)25(43)9-10-26(44)24-12-22(42)14-40(24)33(48)23(36-18(3)4)8-7-11-39-13-21(37-38-39)16-50-34-19(5)31(32(54-55-49)27(15-41)52-34)53-35-30(47)29(46)28(45)20(6)51-35/h13,17-20,22-24,27-32,34-36,41-42,45-47,49H,7-12,14-16H2,1-6H3/t19?,20?,22-,23+,24+,27?,28-,29+,30?,31-,32+,34-,35+/m1/s1. The molecule has 0 bridgehead atoms. The molecule has 1 amide bonds. The minimum Gasteiger partial charge on any atom is -0.394 e. The molecule has 0 radical (unpaired) electrons. The number of rotatable bonds is 20. The Hall–Kier alpha value is -2.57. The molecule has 3 aliphatic heterocycles. The molecule has 0 saturated carbocycles. The lowest BCUT2D eigenvalue weighted by Crippen LogP contribution is -2.62. The minimum absolute atomic E-state index is 0.0181. The van der Waals surface area contributed by atoms with E-state index in [4.69, 9.17) is 29.1 Å². The topological polar surface area (TPSA) is 274 Å². The minimum atomic E-state index is -1.64. The number of carbonyl (C=O) groups is 3. The van der Waals surface area contributed by atoms with E-state index < -0.39 is 86.0 Å². The van der Waals surface area contributed by atoms with Gasteiger partial charge in [0.15, 0.2) is 24.5 Å². The fourth-order valence-electron chi connectivity index (χ4n) is 7.11. The number of carbonyl (C=O) groups excluding carboxylic acids is 3. The highest BCUT2D eigenvalue weighted by Crippen LogP contribution is 2.34. The second kappa shape index (κ2) is 20.7. The Morgan fingerprint density at radius 3 is 2.38 bits per heavy atom. The molecule has 314 valence electrons. The van der Waals surface area contributed by atoms with Crippen LogP contribution in [0.5, 0.6) is 0 Å². The number of hydrogen-bond donors (Lipinski definition) is 7. The fraction of sp³-hybridized carbons (Fsp3) is 0.857. The molecule has 13 atom stereocenters. The van der Waals surface area contributed by atoms with E-state index in [1.54, 1.807) is 31.6 Å². The number of ketones is 2. The van der Waals surface area contributed by atoms with Crippen LogP contribution in [0.3, 0.4) is 0 Å². The van der Waals surface area contributed by atoms with Gasteiger partial charge in [0.1, 0.15) is 42.0 Å². The van der Waals surface area contributed by atoms with Crippen molar-refractivity contribution in [3.05, 3.63) is 11.9 Å². The molecular formula is C35H59N5O15. The molecule has 1 aromatic heterocycles. The predicted octanol–water partition coefficient (Wildman–Crippen LogP) is -1.17. The van der Waals surface area contributed by atoms with Gasteiger partial charge in [-0.2, -0.15) is 4.89 Å². The molecule has 0 aliphatic carbocycles. The second-order valence-corrected chi connectivity index (χ2v) is 15.3. The van der Waals surface area contributed by atoms with Crippen LogP contribution in [0.4, 0.5) is 0 Å². The van der Waals surface area contributed by atoms with Crippen molar-refractivity contribution in [3.63, 3.8) is 0 Å². The van der Waals surface area contributed by atoms with Crippen molar-refractivity contribution in [1.29, 1.82) is 0 Å². The third kappa shape index (κ3) is 11.7. The summed E-state index contributed by atoms with van der Waals surface area (Å²) in [4.78, 5) is 45.4. The highest BCUT2D eigenvalue weighted by atomic mass is 17.5. The maximum atomic E-state index is 13.8. The third-order valence-electron chi connectivity index (χ3n) is 10.3. The Bertz CT molecular complexity index is 1390. The highest BCUT2D eigenvalue weighted by molar-refractivity contribution is 5.94. The van der Waals surface area contributed by atoms with Gasteiger partial charge in [-0.1, -0.05) is 44.9 Å². The third-order valence-corrected chi connectivity index (χ3v) is 10.3. The summed E-state index contributed by atoms with van der Waals surface area (Å²) in [6.07, 6.45) is -9.40. The summed E-state index contributed by atoms with van der Waals surface area (Å²) in [6, 6.07) is -1.47. The molecule has 3 aliphatic rings. The number of nitrogens with zero attached hydrogens (tertiary/aromatic N) is 4. The number of β-amino-alcohol motifs (C(OH)–C–C–N with tert-alkyl or cyclic N) is 1. The largest absolute Gasteiger partial charge is 0.394 e. The Kier molecular flexibility index (Phi) is 17.0. The van der Waals surface area contributed by atoms with Crippen LogP contribution in [-0.4, -0.2) is 161 Å². The van der Waals surface area contributed by atoms with Crippen molar-refractivity contribution < 1.29 is 74.0 Å². The number of aryl methyl sites for hydroxylation is 1. The Labute approximate surface area is 319 Å². The number of likely N-dealkylation sites (tertiary alicyclic amines) is 1. The van der Waals surface area contributed by atoms with E-state index >= 15 is 0 Å². The monoisotopic (exact) mass is 789 g/mol. The van der Waals surface area contributed by atoms with E-state index in [-0.39, 0.29) is 61.8 Å². The maximum absolute atomic E-state index is 13.8. The maximum Gasteiger partial charge on any atom is 0.240 e. The summed E-state index contributed by atoms with van der Waals surface area (Å²) in [5, 5.41) is 75.9. The number of nitrogens with one attached hydrogen (secondary N) is 1. The van der Waals surface area contributed by atoms with Crippen LogP contribution >= 0.6 is 0 Å². The number of aromatic nitrogens is 3. The van der Waals surface area contributed by atoms with Gasteiger partial charge in [-0.15, -0.1) is 5.10 Å². The van der Waals surface area contributed by atoms with Crippen LogP contribution in [0.25, 0.3) is 0 Å². The summed E-state index contributed by atoms with van der Waals surface area (Å²) in [7, 11) is 0. The van der Waals surface area contributed by atoms with Crippen molar-refractivity contribution in [2.75, 3.05) is 13.2 Å². The van der Waals surface area contributed by atoms with Crippen molar-refractivity contribution in [2.24, 2.45) is 11.8 Å². The predicted molar refractivity (Wildman–Crippen MR) is 187 cm³/mol. The van der Waals surface area contributed by atoms with Gasteiger partial charge in [-0.3, -0.25) is 19.1 Å². The second-order valence-electron chi connectivity index (χ2n) is 15.3. The molecule has 0 aromatic carbocycles. The molecule has 4 rings (SSSR count). The van der Waals surface area contributed by atoms with E-state index in [1.165, 1.54) is 11.8 Å². The molecule has 4 unspecified atom stereocenters. The molecule has 1 aromatic rings. The highest BCUT2D eigenvalue weighted by Gasteiger charge is 2.51. The number of Topliss-reactive ketones (excluding diaryl/α,β-unsaturated/α-hetero) is 2. The van der Waals surface area contributed by atoms with Gasteiger partial charge in [-0.05, 0) is 19.8 Å². The molecule has 7 N–H and O–H groups in total. The van der Waals surface area contributed by atoms with E-state index in [9.17, 15) is 39.9 Å². The quantitative estimate of drug-likeness (QED) is 0.0606. The first-order chi connectivity index (χ1) is 26.1. The van der Waals surface area contributed by atoms with Crippen LogP contribution in [0, 0.1) is 11.8 Å². The van der Waals surface area contributed by atoms with Gasteiger partial charge >= 0.3 is 0 Å². The van der Waals surface area contributed by atoms with E-state index in [0.717, 1.165) is 0 Å². The summed E-state index contributed by atoms with van der Waals surface area (Å²) >= 11 is 0. The van der Waals surface area contributed by atoms with Crippen LogP contribution in [-0.2, 0) is 56.4 Å². The summed E-state index contributed by atoms with van der Waals surface area (Å²) < 4.78 is 25.0. The number of ether oxygens (including phenoxy) is 4. The van der Waals surface area contributed by atoms with Crippen LogP contribution in [0.1, 0.15) is 79.3 Å². The van der Waals surface area contributed by atoms with Gasteiger partial charge in [0, 0.05) is 50.2 Å². The summed E-state index contributed by atoms with van der Waals surface area (Å²) in [6.45, 7) is 10.3. The van der Waals surface area contributed by atoms with Gasteiger partial charge in [0.05, 0.1) is 43.7 Å². The number of aliphatic hydroxyl groups is 5. The lowest BCUT2D eigenvalue weighted by atomic mass is 9.91. The van der Waals surface area contributed by atoms with Crippen LogP contribution in [0.15, 0.2) is 6.20 Å². The van der Waals surface area contributed by atoms with Crippen molar-refractivity contribution in [2.45, 2.75) is 166 Å². The molecule has 0 spiro atoms. The Morgan fingerprint density at radius 1 is 1.00 bits per heavy atom. The first-order valence-electron chi connectivity index (χ1n) is 18.9. The average Bonchev–Trinajstić information content (AvgIpc) is 3.77.